The van der Waals surface area contributed by atoms with Crippen molar-refractivity contribution in [3.63, 3.8) is 0 Å². The lowest BCUT2D eigenvalue weighted by molar-refractivity contribution is -0.117. The number of carbonyl (C=O) groups is 1. The lowest BCUT2D eigenvalue weighted by Crippen LogP contribution is -2.24. The zero-order chi connectivity index (χ0) is 11.8. The number of amides is 1. The SMILES string of the molecule is N#CC1CC(=O)N(c2nc3c(s2)CCCC3)C1. The van der Waals surface area contributed by atoms with Crippen LogP contribution in [0.2, 0.25) is 0 Å². The monoisotopic (exact) mass is 247 g/mol. The minimum absolute atomic E-state index is 0.0441. The molecule has 5 heteroatoms. The molecule has 0 aromatic carbocycles. The first-order valence-electron chi connectivity index (χ1n) is 5.96. The van der Waals surface area contributed by atoms with Gasteiger partial charge in [-0.25, -0.2) is 4.98 Å². The number of nitriles is 1. The van der Waals surface area contributed by atoms with Crippen molar-refractivity contribution < 1.29 is 4.79 Å². The Hall–Kier alpha value is -1.41. The standard InChI is InChI=1S/C12H13N3OS/c13-6-8-5-11(16)15(7-8)12-14-9-3-1-2-4-10(9)17-12/h8H,1-5,7H2. The minimum Gasteiger partial charge on any atom is -0.287 e. The molecule has 3 rings (SSSR count). The number of rotatable bonds is 1. The lowest BCUT2D eigenvalue weighted by Gasteiger charge is -2.10. The fourth-order valence-electron chi connectivity index (χ4n) is 2.43. The fourth-order valence-corrected chi connectivity index (χ4v) is 3.61. The van der Waals surface area contributed by atoms with Crippen molar-refractivity contribution in [2.45, 2.75) is 32.1 Å². The predicted octanol–water partition coefficient (Wildman–Crippen LogP) is 1.90. The molecule has 2 heterocycles. The van der Waals surface area contributed by atoms with E-state index < -0.39 is 0 Å². The third-order valence-corrected chi connectivity index (χ3v) is 4.55. The molecule has 0 bridgehead atoms. The molecule has 1 aliphatic carbocycles. The summed E-state index contributed by atoms with van der Waals surface area (Å²) in [5, 5.41) is 9.67. The molecule has 0 radical (unpaired) electrons. The Balaban J connectivity index is 1.87. The van der Waals surface area contributed by atoms with E-state index in [0.717, 1.165) is 18.0 Å². The van der Waals surface area contributed by atoms with E-state index in [9.17, 15) is 4.79 Å². The number of nitrogens with zero attached hydrogens (tertiary/aromatic N) is 3. The largest absolute Gasteiger partial charge is 0.287 e. The van der Waals surface area contributed by atoms with Crippen molar-refractivity contribution in [1.29, 1.82) is 5.26 Å². The Bertz CT molecular complexity index is 479. The summed E-state index contributed by atoms with van der Waals surface area (Å²) in [6, 6.07) is 2.17. The molecule has 88 valence electrons. The van der Waals surface area contributed by atoms with E-state index in [1.807, 2.05) is 0 Å². The Labute approximate surface area is 104 Å². The molecule has 17 heavy (non-hydrogen) atoms. The third kappa shape index (κ3) is 1.83. The van der Waals surface area contributed by atoms with Crippen LogP contribution >= 0.6 is 11.3 Å². The van der Waals surface area contributed by atoms with Gasteiger partial charge in [-0.1, -0.05) is 0 Å². The minimum atomic E-state index is -0.163. The Morgan fingerprint density at radius 3 is 2.94 bits per heavy atom. The van der Waals surface area contributed by atoms with Gasteiger partial charge in [0.15, 0.2) is 5.13 Å². The second-order valence-corrected chi connectivity index (χ2v) is 5.67. The average molecular weight is 247 g/mol. The molecule has 1 aromatic rings. The predicted molar refractivity (Wildman–Crippen MR) is 64.8 cm³/mol. The molecule has 0 N–H and O–H groups in total. The second-order valence-electron chi connectivity index (χ2n) is 4.61. The summed E-state index contributed by atoms with van der Waals surface area (Å²) < 4.78 is 0. The average Bonchev–Trinajstić information content (AvgIpc) is 2.91. The Kier molecular flexibility index (Phi) is 2.60. The smallest absolute Gasteiger partial charge is 0.230 e. The van der Waals surface area contributed by atoms with E-state index in [0.29, 0.717) is 13.0 Å². The van der Waals surface area contributed by atoms with Crippen LogP contribution < -0.4 is 4.90 Å². The van der Waals surface area contributed by atoms with Crippen molar-refractivity contribution in [3.05, 3.63) is 10.6 Å². The fraction of sp³-hybridized carbons (Fsp3) is 0.583. The van der Waals surface area contributed by atoms with Crippen LogP contribution in [-0.4, -0.2) is 17.4 Å². The van der Waals surface area contributed by atoms with E-state index in [1.165, 1.54) is 23.4 Å². The highest BCUT2D eigenvalue weighted by Gasteiger charge is 2.33. The molecule has 1 atom stereocenters. The van der Waals surface area contributed by atoms with E-state index in [2.05, 4.69) is 11.1 Å². The van der Waals surface area contributed by atoms with Crippen LogP contribution in [0.15, 0.2) is 0 Å². The number of aryl methyl sites for hydroxylation is 2. The van der Waals surface area contributed by atoms with E-state index in [-0.39, 0.29) is 11.8 Å². The van der Waals surface area contributed by atoms with Crippen molar-refractivity contribution in [2.75, 3.05) is 11.4 Å². The molecule has 0 spiro atoms. The molecule has 4 nitrogen and oxygen atoms in total. The van der Waals surface area contributed by atoms with Gasteiger partial charge >= 0.3 is 0 Å². The van der Waals surface area contributed by atoms with Gasteiger partial charge in [0.05, 0.1) is 17.7 Å². The van der Waals surface area contributed by atoms with Crippen LogP contribution in [0.5, 0.6) is 0 Å². The first-order valence-corrected chi connectivity index (χ1v) is 6.78. The van der Waals surface area contributed by atoms with Gasteiger partial charge in [-0.2, -0.15) is 5.26 Å². The number of anilines is 1. The number of carbonyl (C=O) groups excluding carboxylic acids is 1. The van der Waals surface area contributed by atoms with Gasteiger partial charge in [0.1, 0.15) is 0 Å². The van der Waals surface area contributed by atoms with Gasteiger partial charge in [-0.15, -0.1) is 11.3 Å². The second kappa shape index (κ2) is 4.11. The van der Waals surface area contributed by atoms with Crippen LogP contribution in [0, 0.1) is 17.2 Å². The summed E-state index contributed by atoms with van der Waals surface area (Å²) in [7, 11) is 0. The van der Waals surface area contributed by atoms with Gasteiger partial charge in [0.25, 0.3) is 0 Å². The quantitative estimate of drug-likeness (QED) is 0.761. The normalized spacial score (nSPS) is 23.6. The van der Waals surface area contributed by atoms with E-state index in [1.54, 1.807) is 16.2 Å². The third-order valence-electron chi connectivity index (χ3n) is 3.37. The molecule has 2 aliphatic rings. The highest BCUT2D eigenvalue weighted by Crippen LogP contribution is 2.34. The van der Waals surface area contributed by atoms with Gasteiger partial charge in [0.2, 0.25) is 5.91 Å². The van der Waals surface area contributed by atoms with Crippen LogP contribution in [0.4, 0.5) is 5.13 Å². The van der Waals surface area contributed by atoms with Crippen molar-refractivity contribution in [1.82, 2.24) is 4.98 Å². The van der Waals surface area contributed by atoms with Gasteiger partial charge in [0, 0.05) is 17.8 Å². The van der Waals surface area contributed by atoms with Crippen LogP contribution in [0.25, 0.3) is 0 Å². The number of hydrogen-bond acceptors (Lipinski definition) is 4. The summed E-state index contributed by atoms with van der Waals surface area (Å²) in [5.41, 5.74) is 1.17. The lowest BCUT2D eigenvalue weighted by atomic mass is 10.0. The number of aromatic nitrogens is 1. The summed E-state index contributed by atoms with van der Waals surface area (Å²) in [4.78, 5) is 19.4. The molecular weight excluding hydrogens is 234 g/mol. The van der Waals surface area contributed by atoms with E-state index in [4.69, 9.17) is 5.26 Å². The molecule has 1 aromatic heterocycles. The maximum atomic E-state index is 11.8. The molecule has 1 aliphatic heterocycles. The van der Waals surface area contributed by atoms with E-state index >= 15 is 0 Å². The number of fused-ring (bicyclic) bond motifs is 1. The van der Waals surface area contributed by atoms with Crippen molar-refractivity contribution in [3.8, 4) is 6.07 Å². The zero-order valence-corrected chi connectivity index (χ0v) is 10.3. The first kappa shape index (κ1) is 10.7. The van der Waals surface area contributed by atoms with Gasteiger partial charge < -0.3 is 0 Å². The maximum Gasteiger partial charge on any atom is 0.230 e. The molecule has 1 amide bonds. The van der Waals surface area contributed by atoms with Gasteiger partial charge in [-0.05, 0) is 25.7 Å². The van der Waals surface area contributed by atoms with Crippen molar-refractivity contribution >= 4 is 22.4 Å². The van der Waals surface area contributed by atoms with Crippen LogP contribution in [-0.2, 0) is 17.6 Å². The van der Waals surface area contributed by atoms with Crippen LogP contribution in [0.3, 0.4) is 0 Å². The highest BCUT2D eigenvalue weighted by atomic mass is 32.1. The van der Waals surface area contributed by atoms with Gasteiger partial charge in [-0.3, -0.25) is 9.69 Å². The molecule has 1 fully saturated rings. The maximum absolute atomic E-state index is 11.8. The highest BCUT2D eigenvalue weighted by molar-refractivity contribution is 7.16. The Morgan fingerprint density at radius 1 is 1.41 bits per heavy atom. The summed E-state index contributed by atoms with van der Waals surface area (Å²) in [6.07, 6.45) is 4.90. The summed E-state index contributed by atoms with van der Waals surface area (Å²) >= 11 is 1.63. The topological polar surface area (TPSA) is 57.0 Å². The Morgan fingerprint density at radius 2 is 2.24 bits per heavy atom. The zero-order valence-electron chi connectivity index (χ0n) is 9.48. The summed E-state index contributed by atoms with van der Waals surface area (Å²) in [5.74, 6) is -0.119. The molecule has 1 saturated heterocycles. The molecular formula is C12H13N3OS. The molecule has 0 saturated carbocycles. The number of hydrogen-bond donors (Lipinski definition) is 0. The summed E-state index contributed by atoms with van der Waals surface area (Å²) in [6.45, 7) is 0.516. The molecule has 1 unspecified atom stereocenters. The van der Waals surface area contributed by atoms with Crippen LogP contribution in [0.1, 0.15) is 29.8 Å². The van der Waals surface area contributed by atoms with Crippen molar-refractivity contribution in [2.24, 2.45) is 5.92 Å². The number of thiazole rings is 1. The first-order chi connectivity index (χ1) is 8.28.